The Kier molecular flexibility index (Phi) is 5.76. The number of benzene rings is 2. The molecule has 5 aromatic rings. The highest BCUT2D eigenvalue weighted by atomic mass is 32.2. The summed E-state index contributed by atoms with van der Waals surface area (Å²) in [7, 11) is 0. The zero-order valence-electron chi connectivity index (χ0n) is 17.3. The van der Waals surface area contributed by atoms with Gasteiger partial charge in [-0.3, -0.25) is 18.6 Å². The molecule has 0 aliphatic heterocycles. The zero-order valence-corrected chi connectivity index (χ0v) is 19.0. The van der Waals surface area contributed by atoms with Crippen molar-refractivity contribution in [1.82, 2.24) is 24.1 Å². The third-order valence-corrected chi connectivity index (χ3v) is 6.72. The molecule has 0 unspecified atom stereocenters. The fourth-order valence-electron chi connectivity index (χ4n) is 3.51. The molecule has 0 bridgehead atoms. The van der Waals surface area contributed by atoms with E-state index in [1.807, 2.05) is 47.8 Å². The lowest BCUT2D eigenvalue weighted by Gasteiger charge is -2.09. The fraction of sp³-hybridized carbons (Fsp3) is 0.0870. The van der Waals surface area contributed by atoms with Gasteiger partial charge < -0.3 is 5.32 Å². The molecule has 0 saturated heterocycles. The van der Waals surface area contributed by atoms with Crippen molar-refractivity contribution in [3.05, 3.63) is 83.1 Å². The van der Waals surface area contributed by atoms with Crippen molar-refractivity contribution in [2.45, 2.75) is 11.7 Å². The Morgan fingerprint density at radius 1 is 1.15 bits per heavy atom. The second-order valence-corrected chi connectivity index (χ2v) is 8.93. The van der Waals surface area contributed by atoms with Gasteiger partial charge in [0.1, 0.15) is 5.01 Å². The summed E-state index contributed by atoms with van der Waals surface area (Å²) in [6.45, 7) is 4.04. The first-order chi connectivity index (χ1) is 16.2. The predicted octanol–water partition coefficient (Wildman–Crippen LogP) is 4.08. The Hall–Kier alpha value is -3.76. The highest BCUT2D eigenvalue weighted by Gasteiger charge is 2.17. The van der Waals surface area contributed by atoms with Crippen LogP contribution in [-0.4, -0.2) is 35.8 Å². The Labute approximate surface area is 196 Å². The first kappa shape index (κ1) is 21.1. The third kappa shape index (κ3) is 4.06. The number of rotatable bonds is 7. The standard InChI is InChI=1S/C23H18N6O2S2/c1-2-12-28-21(31)17-5-3-4-6-18(17)29-22(28)26-27-23(29)33-14-19(30)25-16-9-7-15(8-10-16)20-24-11-13-32-20/h2-11,13H,1,12,14H2,(H,25,30). The first-order valence-electron chi connectivity index (χ1n) is 10.1. The maximum absolute atomic E-state index is 12.9. The van der Waals surface area contributed by atoms with Gasteiger partial charge in [-0.15, -0.1) is 28.1 Å². The molecule has 2 aromatic carbocycles. The normalized spacial score (nSPS) is 11.2. The molecule has 1 amide bonds. The van der Waals surface area contributed by atoms with Gasteiger partial charge in [0, 0.05) is 29.4 Å². The average Bonchev–Trinajstić information content (AvgIpc) is 3.52. The summed E-state index contributed by atoms with van der Waals surface area (Å²) in [4.78, 5) is 29.7. The van der Waals surface area contributed by atoms with Crippen LogP contribution in [0, 0.1) is 0 Å². The molecule has 0 aliphatic rings. The number of carbonyl (C=O) groups excluding carboxylic acids is 1. The van der Waals surface area contributed by atoms with E-state index in [1.165, 1.54) is 16.3 Å². The monoisotopic (exact) mass is 474 g/mol. The van der Waals surface area contributed by atoms with Crippen LogP contribution in [-0.2, 0) is 11.3 Å². The fourth-order valence-corrected chi connectivity index (χ4v) is 4.89. The summed E-state index contributed by atoms with van der Waals surface area (Å²) in [5, 5.41) is 15.3. The molecule has 3 heterocycles. The summed E-state index contributed by atoms with van der Waals surface area (Å²) in [6, 6.07) is 14.9. The maximum atomic E-state index is 12.9. The quantitative estimate of drug-likeness (QED) is 0.282. The Morgan fingerprint density at radius 3 is 2.73 bits per heavy atom. The Balaban J connectivity index is 1.37. The highest BCUT2D eigenvalue weighted by Crippen LogP contribution is 2.24. The highest BCUT2D eigenvalue weighted by molar-refractivity contribution is 7.99. The number of anilines is 1. The number of allylic oxidation sites excluding steroid dienone is 1. The van der Waals surface area contributed by atoms with E-state index >= 15 is 0 Å². The van der Waals surface area contributed by atoms with Gasteiger partial charge in [0.25, 0.3) is 5.56 Å². The van der Waals surface area contributed by atoms with Gasteiger partial charge >= 0.3 is 0 Å². The smallest absolute Gasteiger partial charge is 0.263 e. The molecule has 3 aromatic heterocycles. The number of amides is 1. The number of carbonyl (C=O) groups is 1. The van der Waals surface area contributed by atoms with Crippen molar-refractivity contribution >= 4 is 51.4 Å². The van der Waals surface area contributed by atoms with Crippen molar-refractivity contribution < 1.29 is 4.79 Å². The van der Waals surface area contributed by atoms with Crippen LogP contribution in [0.15, 0.2) is 82.7 Å². The van der Waals surface area contributed by atoms with Gasteiger partial charge in [-0.1, -0.05) is 30.0 Å². The number of thioether (sulfide) groups is 1. The number of hydrogen-bond donors (Lipinski definition) is 1. The number of nitrogens with one attached hydrogen (secondary N) is 1. The molecule has 164 valence electrons. The number of hydrogen-bond acceptors (Lipinski definition) is 7. The van der Waals surface area contributed by atoms with E-state index in [-0.39, 0.29) is 17.2 Å². The minimum absolute atomic E-state index is 0.143. The number of fused-ring (bicyclic) bond motifs is 3. The van der Waals surface area contributed by atoms with Crippen molar-refractivity contribution in [1.29, 1.82) is 0 Å². The molecular weight excluding hydrogens is 456 g/mol. The van der Waals surface area contributed by atoms with Crippen molar-refractivity contribution in [2.24, 2.45) is 0 Å². The summed E-state index contributed by atoms with van der Waals surface area (Å²) >= 11 is 2.83. The van der Waals surface area contributed by atoms with Crippen LogP contribution in [0.2, 0.25) is 0 Å². The summed E-state index contributed by atoms with van der Waals surface area (Å²) < 4.78 is 3.33. The van der Waals surface area contributed by atoms with E-state index in [0.29, 0.717) is 34.1 Å². The molecule has 10 heteroatoms. The number of aromatic nitrogens is 5. The molecule has 0 fully saturated rings. The van der Waals surface area contributed by atoms with Crippen molar-refractivity contribution in [2.75, 3.05) is 11.1 Å². The van der Waals surface area contributed by atoms with Crippen molar-refractivity contribution in [3.63, 3.8) is 0 Å². The summed E-state index contributed by atoms with van der Waals surface area (Å²) in [5.41, 5.74) is 2.26. The van der Waals surface area contributed by atoms with E-state index in [2.05, 4.69) is 27.1 Å². The second-order valence-electron chi connectivity index (χ2n) is 7.09. The SMILES string of the molecule is C=CCn1c(=O)c2ccccc2n2c(SCC(=O)Nc3ccc(-c4nccs4)cc3)nnc12. The van der Waals surface area contributed by atoms with Crippen molar-refractivity contribution in [3.8, 4) is 10.6 Å². The molecule has 5 rings (SSSR count). The van der Waals surface area contributed by atoms with Gasteiger partial charge in [-0.05, 0) is 36.4 Å². The summed E-state index contributed by atoms with van der Waals surface area (Å²) in [6.07, 6.45) is 3.41. The van der Waals surface area contributed by atoms with E-state index in [1.54, 1.807) is 34.1 Å². The van der Waals surface area contributed by atoms with E-state index in [9.17, 15) is 9.59 Å². The van der Waals surface area contributed by atoms with E-state index in [4.69, 9.17) is 0 Å². The van der Waals surface area contributed by atoms with Crippen LogP contribution in [0.4, 0.5) is 5.69 Å². The van der Waals surface area contributed by atoms with E-state index < -0.39 is 0 Å². The molecule has 0 atom stereocenters. The number of thiazole rings is 1. The van der Waals surface area contributed by atoms with Crippen LogP contribution < -0.4 is 10.9 Å². The molecule has 0 spiro atoms. The second kappa shape index (κ2) is 9.00. The Morgan fingerprint density at radius 2 is 1.97 bits per heavy atom. The zero-order chi connectivity index (χ0) is 22.8. The van der Waals surface area contributed by atoms with Crippen LogP contribution in [0.25, 0.3) is 27.3 Å². The molecule has 1 N–H and O–H groups in total. The summed E-state index contributed by atoms with van der Waals surface area (Å²) in [5.74, 6) is 0.394. The number of nitrogens with zero attached hydrogens (tertiary/aromatic N) is 5. The lowest BCUT2D eigenvalue weighted by Crippen LogP contribution is -2.22. The van der Waals surface area contributed by atoms with Crippen LogP contribution >= 0.6 is 23.1 Å². The lowest BCUT2D eigenvalue weighted by molar-refractivity contribution is -0.113. The largest absolute Gasteiger partial charge is 0.325 e. The molecule has 8 nitrogen and oxygen atoms in total. The Bertz CT molecular complexity index is 1520. The number of para-hydroxylation sites is 1. The molecule has 0 aliphatic carbocycles. The lowest BCUT2D eigenvalue weighted by atomic mass is 10.2. The first-order valence-corrected chi connectivity index (χ1v) is 11.9. The predicted molar refractivity (Wildman–Crippen MR) is 132 cm³/mol. The van der Waals surface area contributed by atoms with Crippen LogP contribution in [0.1, 0.15) is 0 Å². The van der Waals surface area contributed by atoms with Gasteiger partial charge in [0.15, 0.2) is 5.16 Å². The van der Waals surface area contributed by atoms with Gasteiger partial charge in [-0.25, -0.2) is 4.98 Å². The maximum Gasteiger partial charge on any atom is 0.263 e. The minimum Gasteiger partial charge on any atom is -0.325 e. The molecular formula is C23H18N6O2S2. The van der Waals surface area contributed by atoms with E-state index in [0.717, 1.165) is 10.6 Å². The topological polar surface area (TPSA) is 94.2 Å². The molecule has 0 radical (unpaired) electrons. The molecule has 33 heavy (non-hydrogen) atoms. The van der Waals surface area contributed by atoms with Gasteiger partial charge in [0.05, 0.1) is 16.7 Å². The minimum atomic E-state index is -0.164. The third-order valence-electron chi connectivity index (χ3n) is 4.97. The molecule has 0 saturated carbocycles. The van der Waals surface area contributed by atoms with Crippen LogP contribution in [0.5, 0.6) is 0 Å². The van der Waals surface area contributed by atoms with Crippen LogP contribution in [0.3, 0.4) is 0 Å². The van der Waals surface area contributed by atoms with Gasteiger partial charge in [0.2, 0.25) is 11.7 Å². The van der Waals surface area contributed by atoms with Gasteiger partial charge in [-0.2, -0.15) is 0 Å². The average molecular weight is 475 g/mol.